The zero-order valence-electron chi connectivity index (χ0n) is 11.8. The van der Waals surface area contributed by atoms with Gasteiger partial charge < -0.3 is 5.43 Å². The molecule has 5 heteroatoms. The highest BCUT2D eigenvalue weighted by Gasteiger charge is 2.43. The summed E-state index contributed by atoms with van der Waals surface area (Å²) in [6, 6.07) is 10.6. The monoisotopic (exact) mass is 298 g/mol. The molecular weight excluding hydrogens is 280 g/mol. The van der Waals surface area contributed by atoms with Crippen LogP contribution in [0.2, 0.25) is 0 Å². The molecule has 1 aromatic carbocycles. The summed E-state index contributed by atoms with van der Waals surface area (Å²) in [5, 5.41) is 0. The number of nitrogen functional groups attached to an aromatic ring is 1. The lowest BCUT2D eigenvalue weighted by Gasteiger charge is -2.41. The molecule has 1 aromatic heterocycles. The van der Waals surface area contributed by atoms with Crippen LogP contribution in [0.4, 0.5) is 5.82 Å². The van der Waals surface area contributed by atoms with E-state index in [4.69, 9.17) is 15.8 Å². The van der Waals surface area contributed by atoms with Crippen molar-refractivity contribution in [2.75, 3.05) is 5.43 Å². The Kier molecular flexibility index (Phi) is 3.12. The first kappa shape index (κ1) is 13.1. The number of hydrogen-bond acceptors (Lipinski definition) is 5. The van der Waals surface area contributed by atoms with Crippen molar-refractivity contribution in [3.05, 3.63) is 53.0 Å². The van der Waals surface area contributed by atoms with E-state index in [0.717, 1.165) is 41.7 Å². The molecule has 2 heterocycles. The van der Waals surface area contributed by atoms with E-state index >= 15 is 0 Å². The molecule has 3 N–H and O–H groups in total. The fraction of sp³-hybridized carbons (Fsp3) is 0.375. The third kappa shape index (κ3) is 1.95. The van der Waals surface area contributed by atoms with Gasteiger partial charge in [0.05, 0.1) is 11.1 Å². The Morgan fingerprint density at radius 3 is 2.57 bits per heavy atom. The summed E-state index contributed by atoms with van der Waals surface area (Å²) in [5.41, 5.74) is 6.41. The molecule has 1 aliphatic heterocycles. The molecule has 0 unspecified atom stereocenters. The Labute approximate surface area is 128 Å². The largest absolute Gasteiger partial charge is 0.308 e. The van der Waals surface area contributed by atoms with Gasteiger partial charge in [-0.1, -0.05) is 36.8 Å². The van der Waals surface area contributed by atoms with E-state index in [2.05, 4.69) is 35.8 Å². The Hall–Kier alpha value is -1.59. The fourth-order valence-corrected chi connectivity index (χ4v) is 4.36. The van der Waals surface area contributed by atoms with Crippen molar-refractivity contribution in [2.24, 2.45) is 5.84 Å². The summed E-state index contributed by atoms with van der Waals surface area (Å²) in [6.07, 6.45) is 3.47. The number of rotatable bonds is 3. The summed E-state index contributed by atoms with van der Waals surface area (Å²) in [4.78, 5) is 9.68. The molecule has 1 saturated carbocycles. The number of nitrogens with zero attached hydrogens (tertiary/aromatic N) is 2. The Morgan fingerprint density at radius 2 is 1.90 bits per heavy atom. The highest BCUT2D eigenvalue weighted by atomic mass is 32.2. The Balaban J connectivity index is 1.85. The van der Waals surface area contributed by atoms with Gasteiger partial charge in [0.1, 0.15) is 11.6 Å². The molecule has 0 atom stereocenters. The quantitative estimate of drug-likeness (QED) is 0.674. The van der Waals surface area contributed by atoms with Crippen LogP contribution < -0.4 is 11.3 Å². The van der Waals surface area contributed by atoms with E-state index in [9.17, 15) is 0 Å². The molecule has 4 nitrogen and oxygen atoms in total. The van der Waals surface area contributed by atoms with Gasteiger partial charge in [0.15, 0.2) is 0 Å². The van der Waals surface area contributed by atoms with E-state index < -0.39 is 0 Å². The molecule has 21 heavy (non-hydrogen) atoms. The second kappa shape index (κ2) is 5.00. The summed E-state index contributed by atoms with van der Waals surface area (Å²) < 4.78 is 0. The minimum absolute atomic E-state index is 0.0187. The van der Waals surface area contributed by atoms with E-state index in [0.29, 0.717) is 0 Å². The molecule has 0 bridgehead atoms. The number of benzene rings is 1. The number of thioether (sulfide) groups is 1. The third-order valence-corrected chi connectivity index (χ3v) is 5.65. The first-order valence-corrected chi connectivity index (χ1v) is 8.49. The van der Waals surface area contributed by atoms with Crippen LogP contribution in [0.25, 0.3) is 0 Å². The molecule has 0 spiro atoms. The lowest BCUT2D eigenvalue weighted by atomic mass is 9.64. The number of hydrazine groups is 1. The lowest BCUT2D eigenvalue weighted by Crippen LogP contribution is -2.38. The molecule has 1 aliphatic carbocycles. The minimum atomic E-state index is -0.0187. The second-order valence-electron chi connectivity index (χ2n) is 5.76. The van der Waals surface area contributed by atoms with Gasteiger partial charge in [-0.25, -0.2) is 15.8 Å². The average Bonchev–Trinajstić information content (AvgIpc) is 2.95. The van der Waals surface area contributed by atoms with Gasteiger partial charge in [-0.2, -0.15) is 11.8 Å². The van der Waals surface area contributed by atoms with Crippen LogP contribution in [0.1, 0.15) is 41.9 Å². The zero-order chi connectivity index (χ0) is 14.3. The maximum atomic E-state index is 5.68. The molecule has 0 radical (unpaired) electrons. The number of fused-ring (bicyclic) bond motifs is 1. The van der Waals surface area contributed by atoms with Gasteiger partial charge >= 0.3 is 0 Å². The smallest absolute Gasteiger partial charge is 0.148 e. The van der Waals surface area contributed by atoms with Gasteiger partial charge in [-0.15, -0.1) is 0 Å². The van der Waals surface area contributed by atoms with E-state index in [1.165, 1.54) is 17.5 Å². The van der Waals surface area contributed by atoms with Crippen LogP contribution in [0.3, 0.4) is 0 Å². The van der Waals surface area contributed by atoms with Crippen molar-refractivity contribution < 1.29 is 0 Å². The van der Waals surface area contributed by atoms with Crippen LogP contribution in [-0.4, -0.2) is 9.97 Å². The summed E-state index contributed by atoms with van der Waals surface area (Å²) in [7, 11) is 0. The number of hydrogen-bond donors (Lipinski definition) is 2. The summed E-state index contributed by atoms with van der Waals surface area (Å²) in [6.45, 7) is 0. The zero-order valence-corrected chi connectivity index (χ0v) is 12.6. The predicted octanol–water partition coefficient (Wildman–Crippen LogP) is 2.98. The average molecular weight is 298 g/mol. The highest BCUT2D eigenvalue weighted by molar-refractivity contribution is 7.98. The maximum absolute atomic E-state index is 5.68. The van der Waals surface area contributed by atoms with E-state index in [-0.39, 0.29) is 5.41 Å². The number of aromatic nitrogens is 2. The summed E-state index contributed by atoms with van der Waals surface area (Å²) in [5.74, 6) is 9.34. The standard InChI is InChI=1S/C16H18N4S/c17-20-14-12-9-21-10-13(12)18-15(19-14)16(7-4-8-16)11-5-2-1-3-6-11/h1-3,5-6H,4,7-10,17H2,(H,18,19,20). The lowest BCUT2D eigenvalue weighted by molar-refractivity contribution is 0.285. The summed E-state index contributed by atoms with van der Waals surface area (Å²) >= 11 is 1.88. The van der Waals surface area contributed by atoms with Crippen molar-refractivity contribution in [1.29, 1.82) is 0 Å². The topological polar surface area (TPSA) is 63.8 Å². The van der Waals surface area contributed by atoms with Gasteiger partial charge in [0.2, 0.25) is 0 Å². The van der Waals surface area contributed by atoms with Crippen LogP contribution in [0.15, 0.2) is 30.3 Å². The van der Waals surface area contributed by atoms with Gasteiger partial charge in [0.25, 0.3) is 0 Å². The molecular formula is C16H18N4S. The van der Waals surface area contributed by atoms with E-state index in [1.807, 2.05) is 11.8 Å². The van der Waals surface area contributed by atoms with Gasteiger partial charge in [-0.05, 0) is 18.4 Å². The molecule has 0 saturated heterocycles. The first-order chi connectivity index (χ1) is 10.3. The molecule has 4 rings (SSSR count). The molecule has 1 fully saturated rings. The first-order valence-electron chi connectivity index (χ1n) is 7.34. The number of nitrogens with two attached hydrogens (primary N) is 1. The van der Waals surface area contributed by atoms with Crippen LogP contribution in [0.5, 0.6) is 0 Å². The van der Waals surface area contributed by atoms with Crippen LogP contribution in [-0.2, 0) is 16.9 Å². The Morgan fingerprint density at radius 1 is 1.10 bits per heavy atom. The predicted molar refractivity (Wildman–Crippen MR) is 85.9 cm³/mol. The third-order valence-electron chi connectivity index (χ3n) is 4.68. The minimum Gasteiger partial charge on any atom is -0.308 e. The fourth-order valence-electron chi connectivity index (χ4n) is 3.31. The van der Waals surface area contributed by atoms with Crippen LogP contribution >= 0.6 is 11.8 Å². The van der Waals surface area contributed by atoms with Crippen molar-refractivity contribution in [3.63, 3.8) is 0 Å². The van der Waals surface area contributed by atoms with E-state index in [1.54, 1.807) is 0 Å². The highest BCUT2D eigenvalue weighted by Crippen LogP contribution is 2.48. The molecule has 0 amide bonds. The normalized spacial score (nSPS) is 18.9. The van der Waals surface area contributed by atoms with Gasteiger partial charge in [0, 0.05) is 17.1 Å². The maximum Gasteiger partial charge on any atom is 0.148 e. The molecule has 2 aliphatic rings. The SMILES string of the molecule is NNc1nc(C2(c3ccccc3)CCC2)nc2c1CSC2. The van der Waals surface area contributed by atoms with Crippen molar-refractivity contribution >= 4 is 17.6 Å². The molecule has 2 aromatic rings. The molecule has 108 valence electrons. The van der Waals surface area contributed by atoms with Crippen molar-refractivity contribution in [3.8, 4) is 0 Å². The van der Waals surface area contributed by atoms with Crippen molar-refractivity contribution in [1.82, 2.24) is 9.97 Å². The Bertz CT molecular complexity index is 667. The van der Waals surface area contributed by atoms with Gasteiger partial charge in [-0.3, -0.25) is 0 Å². The second-order valence-corrected chi connectivity index (χ2v) is 6.75. The van der Waals surface area contributed by atoms with Crippen LogP contribution in [0, 0.1) is 0 Å². The number of nitrogens with one attached hydrogen (secondary N) is 1. The van der Waals surface area contributed by atoms with Crippen molar-refractivity contribution in [2.45, 2.75) is 36.2 Å². The number of anilines is 1.